The summed E-state index contributed by atoms with van der Waals surface area (Å²) < 4.78 is 30.4. The summed E-state index contributed by atoms with van der Waals surface area (Å²) >= 11 is -1.93. The highest BCUT2D eigenvalue weighted by molar-refractivity contribution is 7.80. The monoisotopic (exact) mass is 138 g/mol. The fourth-order valence-corrected chi connectivity index (χ4v) is 1.38. The fourth-order valence-electron chi connectivity index (χ4n) is 0.656. The normalized spacial score (nSPS) is 40.8. The van der Waals surface area contributed by atoms with E-state index in [4.69, 9.17) is 4.55 Å². The molecule has 2 nitrogen and oxygen atoms in total. The highest BCUT2D eigenvalue weighted by Crippen LogP contribution is 2.26. The zero-order valence-electron chi connectivity index (χ0n) is 4.21. The van der Waals surface area contributed by atoms with Crippen molar-refractivity contribution in [1.82, 2.24) is 0 Å². The SMILES string of the molecule is O=S(O)[C@H]1CC[C@H]1F. The molecular weight excluding hydrogens is 131 g/mol. The van der Waals surface area contributed by atoms with Crippen molar-refractivity contribution in [2.75, 3.05) is 0 Å². The second kappa shape index (κ2) is 2.11. The van der Waals surface area contributed by atoms with Crippen LogP contribution in [0.5, 0.6) is 0 Å². The first-order valence-electron chi connectivity index (χ1n) is 2.45. The van der Waals surface area contributed by atoms with Gasteiger partial charge in [-0.2, -0.15) is 0 Å². The molecule has 3 atom stereocenters. The van der Waals surface area contributed by atoms with Crippen LogP contribution in [0.25, 0.3) is 0 Å². The molecule has 1 fully saturated rings. The van der Waals surface area contributed by atoms with Gasteiger partial charge in [-0.15, -0.1) is 0 Å². The molecule has 1 unspecified atom stereocenters. The van der Waals surface area contributed by atoms with Gasteiger partial charge in [-0.3, -0.25) is 0 Å². The number of hydrogen-bond acceptors (Lipinski definition) is 1. The summed E-state index contributed by atoms with van der Waals surface area (Å²) in [5, 5.41) is -0.588. The van der Waals surface area contributed by atoms with Crippen molar-refractivity contribution in [3.63, 3.8) is 0 Å². The second-order valence-electron chi connectivity index (χ2n) is 1.91. The number of hydrogen-bond donors (Lipinski definition) is 1. The zero-order valence-corrected chi connectivity index (χ0v) is 5.03. The Bertz CT molecular complexity index is 117. The molecule has 0 aromatic carbocycles. The van der Waals surface area contributed by atoms with E-state index in [1.807, 2.05) is 0 Å². The summed E-state index contributed by atoms with van der Waals surface area (Å²) in [7, 11) is 0. The molecule has 0 radical (unpaired) electrons. The van der Waals surface area contributed by atoms with E-state index in [-0.39, 0.29) is 0 Å². The predicted octanol–water partition coefficient (Wildman–Crippen LogP) is 0.709. The maximum atomic E-state index is 12.1. The van der Waals surface area contributed by atoms with E-state index in [2.05, 4.69) is 0 Å². The largest absolute Gasteiger partial charge is 0.306 e. The molecule has 1 rings (SSSR count). The minimum Gasteiger partial charge on any atom is -0.306 e. The van der Waals surface area contributed by atoms with Gasteiger partial charge in [0.1, 0.15) is 6.17 Å². The smallest absolute Gasteiger partial charge is 0.158 e. The lowest BCUT2D eigenvalue weighted by molar-refractivity contribution is 0.213. The first-order chi connectivity index (χ1) is 3.72. The Morgan fingerprint density at radius 3 is 2.25 bits per heavy atom. The molecular formula is C4H7FO2S. The van der Waals surface area contributed by atoms with Crippen LogP contribution in [-0.4, -0.2) is 20.2 Å². The van der Waals surface area contributed by atoms with E-state index in [1.165, 1.54) is 0 Å². The molecule has 1 saturated carbocycles. The second-order valence-corrected chi connectivity index (χ2v) is 3.07. The molecule has 0 heterocycles. The minimum absolute atomic E-state index is 0.455. The maximum Gasteiger partial charge on any atom is 0.158 e. The third kappa shape index (κ3) is 0.902. The minimum atomic E-state index is -1.93. The van der Waals surface area contributed by atoms with Crippen molar-refractivity contribution in [3.8, 4) is 0 Å². The van der Waals surface area contributed by atoms with Gasteiger partial charge >= 0.3 is 0 Å². The molecule has 0 aliphatic heterocycles. The van der Waals surface area contributed by atoms with Crippen LogP contribution in [-0.2, 0) is 11.1 Å². The van der Waals surface area contributed by atoms with Crippen molar-refractivity contribution in [1.29, 1.82) is 0 Å². The average Bonchev–Trinajstić information content (AvgIpc) is 1.61. The van der Waals surface area contributed by atoms with Crippen LogP contribution in [0.3, 0.4) is 0 Å². The first kappa shape index (κ1) is 6.16. The Morgan fingerprint density at radius 1 is 1.62 bits per heavy atom. The molecule has 0 aromatic heterocycles. The summed E-state index contributed by atoms with van der Waals surface area (Å²) in [5.41, 5.74) is 0. The molecule has 1 N–H and O–H groups in total. The van der Waals surface area contributed by atoms with Crippen LogP contribution in [0, 0.1) is 0 Å². The first-order valence-corrected chi connectivity index (χ1v) is 3.62. The van der Waals surface area contributed by atoms with Gasteiger partial charge in [-0.05, 0) is 12.8 Å². The highest BCUT2D eigenvalue weighted by atomic mass is 32.2. The standard InChI is InChI=1S/C4H7FO2S/c5-3-1-2-4(3)8(6)7/h3-4H,1-2H2,(H,6,7)/t3-,4+/m1/s1. The molecule has 0 bridgehead atoms. The van der Waals surface area contributed by atoms with E-state index >= 15 is 0 Å². The molecule has 0 spiro atoms. The summed E-state index contributed by atoms with van der Waals surface area (Å²) in [5.74, 6) is 0. The fraction of sp³-hybridized carbons (Fsp3) is 1.00. The number of alkyl halides is 1. The van der Waals surface area contributed by atoms with Gasteiger partial charge in [0.2, 0.25) is 0 Å². The van der Waals surface area contributed by atoms with E-state index in [0.29, 0.717) is 12.8 Å². The Balaban J connectivity index is 2.37. The van der Waals surface area contributed by atoms with Crippen molar-refractivity contribution in [3.05, 3.63) is 0 Å². The van der Waals surface area contributed by atoms with E-state index in [0.717, 1.165) is 0 Å². The lowest BCUT2D eigenvalue weighted by Gasteiger charge is -2.26. The highest BCUT2D eigenvalue weighted by Gasteiger charge is 2.35. The van der Waals surface area contributed by atoms with Gasteiger partial charge in [0.25, 0.3) is 0 Å². The number of halogens is 1. The van der Waals surface area contributed by atoms with Gasteiger partial charge in [-0.1, -0.05) is 0 Å². The van der Waals surface area contributed by atoms with E-state index < -0.39 is 22.5 Å². The molecule has 1 aliphatic carbocycles. The van der Waals surface area contributed by atoms with Gasteiger partial charge in [0.15, 0.2) is 11.1 Å². The van der Waals surface area contributed by atoms with E-state index in [1.54, 1.807) is 0 Å². The third-order valence-electron chi connectivity index (χ3n) is 1.39. The van der Waals surface area contributed by atoms with Crippen LogP contribution < -0.4 is 0 Å². The summed E-state index contributed by atoms with van der Waals surface area (Å²) in [6.07, 6.45) is -0.0119. The summed E-state index contributed by atoms with van der Waals surface area (Å²) in [4.78, 5) is 0. The summed E-state index contributed by atoms with van der Waals surface area (Å²) in [6, 6.07) is 0. The van der Waals surface area contributed by atoms with Crippen LogP contribution in [0.2, 0.25) is 0 Å². The molecule has 0 saturated heterocycles. The van der Waals surface area contributed by atoms with Crippen molar-refractivity contribution in [2.45, 2.75) is 24.3 Å². The van der Waals surface area contributed by atoms with Crippen LogP contribution in [0.15, 0.2) is 0 Å². The molecule has 48 valence electrons. The van der Waals surface area contributed by atoms with Crippen LogP contribution in [0.4, 0.5) is 4.39 Å². The Morgan fingerprint density at radius 2 is 2.25 bits per heavy atom. The molecule has 8 heavy (non-hydrogen) atoms. The quantitative estimate of drug-likeness (QED) is 0.542. The predicted molar refractivity (Wildman–Crippen MR) is 28.7 cm³/mol. The summed E-state index contributed by atoms with van der Waals surface area (Å²) in [6.45, 7) is 0. The Labute approximate surface area is 49.4 Å². The van der Waals surface area contributed by atoms with Gasteiger partial charge in [0.05, 0.1) is 5.25 Å². The van der Waals surface area contributed by atoms with Crippen molar-refractivity contribution in [2.24, 2.45) is 0 Å². The zero-order chi connectivity index (χ0) is 6.15. The van der Waals surface area contributed by atoms with Crippen LogP contribution >= 0.6 is 0 Å². The maximum absolute atomic E-state index is 12.1. The Kier molecular flexibility index (Phi) is 1.62. The molecule has 1 aliphatic rings. The lowest BCUT2D eigenvalue weighted by atomic mass is 9.97. The molecule has 0 amide bonds. The third-order valence-corrected chi connectivity index (χ3v) is 2.44. The molecule has 4 heteroatoms. The van der Waals surface area contributed by atoms with Crippen LogP contribution in [0.1, 0.15) is 12.8 Å². The van der Waals surface area contributed by atoms with Crippen molar-refractivity contribution < 1.29 is 13.2 Å². The van der Waals surface area contributed by atoms with Gasteiger partial charge in [0, 0.05) is 0 Å². The lowest BCUT2D eigenvalue weighted by Crippen LogP contribution is -2.36. The Hall–Kier alpha value is 0.0400. The van der Waals surface area contributed by atoms with Gasteiger partial charge in [-0.25, -0.2) is 8.60 Å². The topological polar surface area (TPSA) is 37.3 Å². The number of rotatable bonds is 1. The molecule has 0 aromatic rings. The van der Waals surface area contributed by atoms with Crippen molar-refractivity contribution >= 4 is 11.1 Å². The van der Waals surface area contributed by atoms with E-state index in [9.17, 15) is 8.60 Å². The average molecular weight is 138 g/mol. The van der Waals surface area contributed by atoms with Gasteiger partial charge < -0.3 is 4.55 Å².